The molecule has 1 heterocycles. The molecule has 1 saturated heterocycles. The highest BCUT2D eigenvalue weighted by molar-refractivity contribution is 6.30. The van der Waals surface area contributed by atoms with E-state index in [4.69, 9.17) is 27.2 Å². The molecule has 1 aromatic rings. The van der Waals surface area contributed by atoms with Gasteiger partial charge in [0.25, 0.3) is 0 Å². The third-order valence-electron chi connectivity index (χ3n) is 3.09. The van der Waals surface area contributed by atoms with Crippen molar-refractivity contribution in [3.8, 4) is 5.75 Å². The van der Waals surface area contributed by atoms with Crippen LogP contribution in [0.2, 0.25) is 5.02 Å². The highest BCUT2D eigenvalue weighted by atomic mass is 35.5. The van der Waals surface area contributed by atoms with Gasteiger partial charge in [0.2, 0.25) is 0 Å². The number of hydrogen-bond donors (Lipinski definition) is 2. The number of rotatable bonds is 6. The zero-order valence-corrected chi connectivity index (χ0v) is 12.2. The Hall–Kier alpha value is -0.520. The molecule has 108 valence electrons. The molecule has 4 nitrogen and oxygen atoms in total. The molecule has 1 fully saturated rings. The fraction of sp³-hybridized carbons (Fsp3) is 0.538. The second-order valence-electron chi connectivity index (χ2n) is 4.68. The van der Waals surface area contributed by atoms with E-state index in [-0.39, 0.29) is 31.2 Å². The molecular formula is C13H20Cl2N2O2. The van der Waals surface area contributed by atoms with E-state index >= 15 is 0 Å². The van der Waals surface area contributed by atoms with E-state index in [1.807, 2.05) is 24.3 Å². The number of aliphatic hydroxyl groups is 1. The Balaban J connectivity index is 0.00000180. The molecule has 6 heteroatoms. The first kappa shape index (κ1) is 16.5. The van der Waals surface area contributed by atoms with Crippen LogP contribution >= 0.6 is 24.0 Å². The first-order valence-corrected chi connectivity index (χ1v) is 6.56. The molecular weight excluding hydrogens is 287 g/mol. The van der Waals surface area contributed by atoms with Crippen LogP contribution in [-0.4, -0.2) is 48.4 Å². The van der Waals surface area contributed by atoms with Crippen LogP contribution in [0.3, 0.4) is 0 Å². The number of nitrogens with zero attached hydrogens (tertiary/aromatic N) is 1. The minimum Gasteiger partial charge on any atom is -0.488 e. The summed E-state index contributed by atoms with van der Waals surface area (Å²) in [5, 5.41) is 9.55. The van der Waals surface area contributed by atoms with Crippen LogP contribution < -0.4 is 10.5 Å². The van der Waals surface area contributed by atoms with Gasteiger partial charge in [0, 0.05) is 30.7 Å². The molecule has 1 aliphatic heterocycles. The van der Waals surface area contributed by atoms with Crippen LogP contribution in [0.1, 0.15) is 6.42 Å². The van der Waals surface area contributed by atoms with Gasteiger partial charge in [0.05, 0.1) is 6.61 Å². The predicted octanol–water partition coefficient (Wildman–Crippen LogP) is 1.53. The third kappa shape index (κ3) is 5.16. The van der Waals surface area contributed by atoms with Crippen LogP contribution in [0, 0.1) is 0 Å². The number of benzene rings is 1. The van der Waals surface area contributed by atoms with Crippen LogP contribution in [0.25, 0.3) is 0 Å². The average molecular weight is 307 g/mol. The molecule has 0 radical (unpaired) electrons. The topological polar surface area (TPSA) is 58.7 Å². The molecule has 0 aliphatic carbocycles. The Morgan fingerprint density at radius 3 is 2.58 bits per heavy atom. The minimum absolute atomic E-state index is 0. The molecule has 3 N–H and O–H groups in total. The van der Waals surface area contributed by atoms with Gasteiger partial charge in [-0.05, 0) is 30.7 Å². The Bertz CT molecular complexity index is 369. The molecule has 19 heavy (non-hydrogen) atoms. The quantitative estimate of drug-likeness (QED) is 0.837. The van der Waals surface area contributed by atoms with Gasteiger partial charge in [0.15, 0.2) is 0 Å². The number of likely N-dealkylation sites (tertiary alicyclic amines) is 1. The second kappa shape index (κ2) is 7.92. The number of hydrogen-bond acceptors (Lipinski definition) is 4. The number of halogens is 2. The van der Waals surface area contributed by atoms with Gasteiger partial charge in [-0.15, -0.1) is 12.4 Å². The first-order chi connectivity index (χ1) is 8.67. The standard InChI is InChI=1S/C13H19ClN2O2.ClH/c14-10-1-3-12(4-2-10)18-13-7-16(8-13)6-5-11(15)9-17;/h1-4,11,13,17H,5-9,15H2;1H. The smallest absolute Gasteiger partial charge is 0.124 e. The molecule has 0 saturated carbocycles. The fourth-order valence-electron chi connectivity index (χ4n) is 1.92. The number of nitrogens with two attached hydrogens (primary N) is 1. The number of aliphatic hydroxyl groups excluding tert-OH is 1. The summed E-state index contributed by atoms with van der Waals surface area (Å²) in [6.07, 6.45) is 1.07. The normalized spacial score (nSPS) is 17.4. The van der Waals surface area contributed by atoms with E-state index < -0.39 is 0 Å². The summed E-state index contributed by atoms with van der Waals surface area (Å²) >= 11 is 5.81. The summed E-state index contributed by atoms with van der Waals surface area (Å²) in [7, 11) is 0. The van der Waals surface area contributed by atoms with Crippen molar-refractivity contribution >= 4 is 24.0 Å². The zero-order chi connectivity index (χ0) is 13.0. The SMILES string of the molecule is Cl.NC(CO)CCN1CC(Oc2ccc(Cl)cc2)C1. The Labute approximate surface area is 124 Å². The van der Waals surface area contributed by atoms with Gasteiger partial charge in [-0.2, -0.15) is 0 Å². The van der Waals surface area contributed by atoms with Crippen molar-refractivity contribution in [1.29, 1.82) is 0 Å². The van der Waals surface area contributed by atoms with E-state index in [9.17, 15) is 0 Å². The lowest BCUT2D eigenvalue weighted by atomic mass is 10.1. The summed E-state index contributed by atoms with van der Waals surface area (Å²) in [4.78, 5) is 2.27. The van der Waals surface area contributed by atoms with Crippen LogP contribution in [0.15, 0.2) is 24.3 Å². The molecule has 1 aliphatic rings. The van der Waals surface area contributed by atoms with E-state index in [0.29, 0.717) is 0 Å². The first-order valence-electron chi connectivity index (χ1n) is 6.18. The highest BCUT2D eigenvalue weighted by Gasteiger charge is 2.28. The molecule has 0 bridgehead atoms. The molecule has 2 rings (SSSR count). The molecule has 0 spiro atoms. The fourth-order valence-corrected chi connectivity index (χ4v) is 2.05. The molecule has 0 amide bonds. The largest absolute Gasteiger partial charge is 0.488 e. The summed E-state index contributed by atoms with van der Waals surface area (Å²) in [5.74, 6) is 0.858. The van der Waals surface area contributed by atoms with Crippen LogP contribution in [-0.2, 0) is 0 Å². The van der Waals surface area contributed by atoms with Crippen molar-refractivity contribution in [2.75, 3.05) is 26.2 Å². The van der Waals surface area contributed by atoms with E-state index in [2.05, 4.69) is 4.90 Å². The lowest BCUT2D eigenvalue weighted by Gasteiger charge is -2.39. The number of ether oxygens (including phenoxy) is 1. The average Bonchev–Trinajstić information content (AvgIpc) is 2.33. The zero-order valence-electron chi connectivity index (χ0n) is 10.7. The van der Waals surface area contributed by atoms with Gasteiger partial charge in [-0.25, -0.2) is 0 Å². The van der Waals surface area contributed by atoms with Crippen LogP contribution in [0.4, 0.5) is 0 Å². The van der Waals surface area contributed by atoms with Crippen LogP contribution in [0.5, 0.6) is 5.75 Å². The van der Waals surface area contributed by atoms with E-state index in [1.54, 1.807) is 0 Å². The van der Waals surface area contributed by atoms with Crippen molar-refractivity contribution < 1.29 is 9.84 Å². The molecule has 1 aromatic carbocycles. The second-order valence-corrected chi connectivity index (χ2v) is 5.12. The third-order valence-corrected chi connectivity index (χ3v) is 3.34. The highest BCUT2D eigenvalue weighted by Crippen LogP contribution is 2.20. The monoisotopic (exact) mass is 306 g/mol. The van der Waals surface area contributed by atoms with Gasteiger partial charge >= 0.3 is 0 Å². The van der Waals surface area contributed by atoms with Crippen molar-refractivity contribution in [2.45, 2.75) is 18.6 Å². The van der Waals surface area contributed by atoms with Crippen molar-refractivity contribution in [3.63, 3.8) is 0 Å². The van der Waals surface area contributed by atoms with Crippen molar-refractivity contribution in [1.82, 2.24) is 4.90 Å². The predicted molar refractivity (Wildman–Crippen MR) is 79.2 cm³/mol. The maximum absolute atomic E-state index is 8.83. The van der Waals surface area contributed by atoms with Gasteiger partial charge in [-0.3, -0.25) is 4.90 Å². The molecule has 0 aromatic heterocycles. The van der Waals surface area contributed by atoms with Crippen molar-refractivity contribution in [3.05, 3.63) is 29.3 Å². The Morgan fingerprint density at radius 1 is 1.37 bits per heavy atom. The van der Waals surface area contributed by atoms with Crippen molar-refractivity contribution in [2.24, 2.45) is 5.73 Å². The Kier molecular flexibility index (Phi) is 6.89. The van der Waals surface area contributed by atoms with Gasteiger partial charge < -0.3 is 15.6 Å². The van der Waals surface area contributed by atoms with E-state index in [1.165, 1.54) is 0 Å². The maximum atomic E-state index is 8.83. The minimum atomic E-state index is -0.110. The lowest BCUT2D eigenvalue weighted by molar-refractivity contribution is 0.0174. The summed E-state index contributed by atoms with van der Waals surface area (Å²) < 4.78 is 5.79. The maximum Gasteiger partial charge on any atom is 0.124 e. The van der Waals surface area contributed by atoms with Gasteiger partial charge in [-0.1, -0.05) is 11.6 Å². The van der Waals surface area contributed by atoms with Gasteiger partial charge in [0.1, 0.15) is 11.9 Å². The molecule has 1 unspecified atom stereocenters. The summed E-state index contributed by atoms with van der Waals surface area (Å²) in [6.45, 7) is 2.81. The van der Waals surface area contributed by atoms with E-state index in [0.717, 1.165) is 36.8 Å². The summed E-state index contributed by atoms with van der Waals surface area (Å²) in [6, 6.07) is 7.31. The lowest BCUT2D eigenvalue weighted by Crippen LogP contribution is -2.54. The summed E-state index contributed by atoms with van der Waals surface area (Å²) in [5.41, 5.74) is 5.65. The Morgan fingerprint density at radius 2 is 2.00 bits per heavy atom. The molecule has 1 atom stereocenters.